The van der Waals surface area contributed by atoms with Crippen LogP contribution >= 0.6 is 11.8 Å². The Morgan fingerprint density at radius 2 is 1.81 bits per heavy atom. The summed E-state index contributed by atoms with van der Waals surface area (Å²) in [5.41, 5.74) is 10.1. The minimum Gasteiger partial charge on any atom is -0.507 e. The van der Waals surface area contributed by atoms with Gasteiger partial charge in [-0.25, -0.2) is 0 Å². The highest BCUT2D eigenvalue weighted by Crippen LogP contribution is 2.39. The first-order valence-electron chi connectivity index (χ1n) is 12.5. The first-order chi connectivity index (χ1) is 17.4. The first-order valence-corrected chi connectivity index (χ1v) is 13.9. The van der Waals surface area contributed by atoms with Gasteiger partial charge < -0.3 is 21.3 Å². The van der Waals surface area contributed by atoms with Crippen LogP contribution in [0.1, 0.15) is 36.0 Å². The zero-order chi connectivity index (χ0) is 26.1. The standard InChI is InChI=1S/C29H39N3O3S/c1-4-6-20-8-9-27(33)24(17-20)25-18-21(7-5-2)16-22(28(25)34)19-32-13-10-23(11-14-32)31-29(35)26(30)12-15-36-3/h4-5,8-9,16-18,23,26,33-34H,1-2,6-7,10-15,19,30H2,3H3,(H,31,35)/t26-/m0/s1. The molecule has 0 aromatic heterocycles. The number of thioether (sulfide) groups is 1. The van der Waals surface area contributed by atoms with Crippen LogP contribution in [0.4, 0.5) is 0 Å². The Labute approximate surface area is 219 Å². The van der Waals surface area contributed by atoms with E-state index in [1.807, 2.05) is 42.7 Å². The molecular weight excluding hydrogens is 470 g/mol. The maximum absolute atomic E-state index is 12.4. The largest absolute Gasteiger partial charge is 0.507 e. The molecule has 0 saturated carbocycles. The fourth-order valence-electron chi connectivity index (χ4n) is 4.62. The van der Waals surface area contributed by atoms with Crippen LogP contribution in [0.15, 0.2) is 55.6 Å². The molecule has 2 aromatic carbocycles. The number of phenols is 2. The monoisotopic (exact) mass is 509 g/mol. The molecule has 2 aromatic rings. The molecule has 1 aliphatic heterocycles. The molecule has 7 heteroatoms. The minimum atomic E-state index is -0.458. The van der Waals surface area contributed by atoms with Crippen molar-refractivity contribution in [1.82, 2.24) is 10.2 Å². The number of hydrogen-bond acceptors (Lipinski definition) is 6. The fraction of sp³-hybridized carbons (Fsp3) is 0.414. The van der Waals surface area contributed by atoms with Gasteiger partial charge in [0.25, 0.3) is 0 Å². The molecule has 1 saturated heterocycles. The molecule has 0 unspecified atom stereocenters. The number of piperidine rings is 1. The average Bonchev–Trinajstić information content (AvgIpc) is 2.87. The number of carbonyl (C=O) groups excluding carboxylic acids is 1. The summed E-state index contributed by atoms with van der Waals surface area (Å²) >= 11 is 1.69. The number of aromatic hydroxyl groups is 2. The lowest BCUT2D eigenvalue weighted by Gasteiger charge is -2.33. The van der Waals surface area contributed by atoms with E-state index in [1.165, 1.54) is 0 Å². The molecule has 6 nitrogen and oxygen atoms in total. The van der Waals surface area contributed by atoms with Gasteiger partial charge >= 0.3 is 0 Å². The number of phenolic OH excluding ortho intramolecular Hbond substituents is 2. The Bertz CT molecular complexity index is 1060. The van der Waals surface area contributed by atoms with E-state index in [-0.39, 0.29) is 23.4 Å². The van der Waals surface area contributed by atoms with Gasteiger partial charge in [0.1, 0.15) is 11.5 Å². The van der Waals surface area contributed by atoms with E-state index in [9.17, 15) is 15.0 Å². The molecule has 5 N–H and O–H groups in total. The molecule has 1 fully saturated rings. The number of rotatable bonds is 12. The van der Waals surface area contributed by atoms with Gasteiger partial charge in [-0.1, -0.05) is 24.3 Å². The van der Waals surface area contributed by atoms with Crippen molar-refractivity contribution in [3.05, 3.63) is 72.3 Å². The number of nitrogens with zero attached hydrogens (tertiary/aromatic N) is 1. The SMILES string of the molecule is C=CCc1ccc(O)c(-c2cc(CC=C)cc(CN3CCC(NC(=O)[C@@H](N)CCSC)CC3)c2O)c1. The number of benzene rings is 2. The van der Waals surface area contributed by atoms with Gasteiger partial charge in [-0.05, 0) is 73.4 Å². The minimum absolute atomic E-state index is 0.0691. The Morgan fingerprint density at radius 1 is 1.14 bits per heavy atom. The lowest BCUT2D eigenvalue weighted by molar-refractivity contribution is -0.123. The van der Waals surface area contributed by atoms with E-state index in [1.54, 1.807) is 17.8 Å². The van der Waals surface area contributed by atoms with Crippen LogP contribution in [0, 0.1) is 0 Å². The molecule has 36 heavy (non-hydrogen) atoms. The fourth-order valence-corrected chi connectivity index (χ4v) is 5.11. The normalized spacial score (nSPS) is 15.4. The number of nitrogens with one attached hydrogen (secondary N) is 1. The van der Waals surface area contributed by atoms with Gasteiger partial charge in [0.2, 0.25) is 5.91 Å². The number of likely N-dealkylation sites (tertiary alicyclic amines) is 1. The number of carbonyl (C=O) groups is 1. The second-order valence-electron chi connectivity index (χ2n) is 9.44. The molecule has 0 spiro atoms. The molecule has 0 bridgehead atoms. The Hall–Kier alpha value is -2.74. The van der Waals surface area contributed by atoms with Crippen molar-refractivity contribution >= 4 is 17.7 Å². The Morgan fingerprint density at radius 3 is 2.47 bits per heavy atom. The van der Waals surface area contributed by atoms with Crippen LogP contribution in [0.5, 0.6) is 11.5 Å². The van der Waals surface area contributed by atoms with Crippen molar-refractivity contribution in [3.63, 3.8) is 0 Å². The maximum atomic E-state index is 12.4. The molecule has 0 aliphatic carbocycles. The lowest BCUT2D eigenvalue weighted by atomic mass is 9.94. The number of hydrogen-bond donors (Lipinski definition) is 4. The van der Waals surface area contributed by atoms with Gasteiger partial charge in [0, 0.05) is 42.4 Å². The topological polar surface area (TPSA) is 98.8 Å². The predicted octanol–water partition coefficient (Wildman–Crippen LogP) is 4.38. The molecule has 1 heterocycles. The van der Waals surface area contributed by atoms with E-state index in [0.29, 0.717) is 36.9 Å². The first kappa shape index (κ1) is 27.8. The maximum Gasteiger partial charge on any atom is 0.237 e. The summed E-state index contributed by atoms with van der Waals surface area (Å²) in [5, 5.41) is 25.0. The lowest BCUT2D eigenvalue weighted by Crippen LogP contribution is -2.49. The van der Waals surface area contributed by atoms with Gasteiger partial charge in [0.15, 0.2) is 0 Å². The van der Waals surface area contributed by atoms with E-state index >= 15 is 0 Å². The van der Waals surface area contributed by atoms with Crippen LogP contribution in [0.3, 0.4) is 0 Å². The van der Waals surface area contributed by atoms with Crippen molar-refractivity contribution < 1.29 is 15.0 Å². The quantitative estimate of drug-likeness (QED) is 0.317. The van der Waals surface area contributed by atoms with E-state index < -0.39 is 6.04 Å². The summed E-state index contributed by atoms with van der Waals surface area (Å²) in [5.74, 6) is 1.12. The van der Waals surface area contributed by atoms with Gasteiger partial charge in [-0.15, -0.1) is 13.2 Å². The third-order valence-electron chi connectivity index (χ3n) is 6.66. The van der Waals surface area contributed by atoms with Gasteiger partial charge in [0.05, 0.1) is 6.04 Å². The molecule has 1 amide bonds. The van der Waals surface area contributed by atoms with Crippen LogP contribution < -0.4 is 11.1 Å². The van der Waals surface area contributed by atoms with E-state index in [0.717, 1.165) is 48.4 Å². The highest BCUT2D eigenvalue weighted by molar-refractivity contribution is 7.98. The zero-order valence-electron chi connectivity index (χ0n) is 21.2. The highest BCUT2D eigenvalue weighted by atomic mass is 32.2. The van der Waals surface area contributed by atoms with Crippen molar-refractivity contribution in [3.8, 4) is 22.6 Å². The Kier molecular flexibility index (Phi) is 10.5. The molecule has 0 radical (unpaired) electrons. The smallest absolute Gasteiger partial charge is 0.237 e. The van der Waals surface area contributed by atoms with Crippen LogP contribution in [0.25, 0.3) is 11.1 Å². The average molecular weight is 510 g/mol. The predicted molar refractivity (Wildman–Crippen MR) is 150 cm³/mol. The molecule has 1 atom stereocenters. The number of nitrogens with two attached hydrogens (primary N) is 1. The molecular formula is C29H39N3O3S. The summed E-state index contributed by atoms with van der Waals surface area (Å²) in [6, 6.07) is 9.05. The summed E-state index contributed by atoms with van der Waals surface area (Å²) in [6.45, 7) is 9.87. The molecule has 1 aliphatic rings. The molecule has 194 valence electrons. The zero-order valence-corrected chi connectivity index (χ0v) is 22.0. The highest BCUT2D eigenvalue weighted by Gasteiger charge is 2.24. The van der Waals surface area contributed by atoms with Crippen LogP contribution in [-0.4, -0.2) is 58.2 Å². The summed E-state index contributed by atoms with van der Waals surface area (Å²) in [7, 11) is 0. The second-order valence-corrected chi connectivity index (χ2v) is 10.4. The summed E-state index contributed by atoms with van der Waals surface area (Å²) in [6.07, 6.45) is 9.37. The van der Waals surface area contributed by atoms with Crippen molar-refractivity contribution in [2.75, 3.05) is 25.1 Å². The molecule has 3 rings (SSSR count). The third-order valence-corrected chi connectivity index (χ3v) is 7.30. The van der Waals surface area contributed by atoms with E-state index in [4.69, 9.17) is 5.73 Å². The second kappa shape index (κ2) is 13.5. The van der Waals surface area contributed by atoms with Crippen molar-refractivity contribution in [2.24, 2.45) is 5.73 Å². The van der Waals surface area contributed by atoms with Gasteiger partial charge in [-0.3, -0.25) is 9.69 Å². The van der Waals surface area contributed by atoms with Crippen molar-refractivity contribution in [1.29, 1.82) is 0 Å². The van der Waals surface area contributed by atoms with E-state index in [2.05, 4.69) is 23.4 Å². The summed E-state index contributed by atoms with van der Waals surface area (Å²) < 4.78 is 0. The number of amides is 1. The van der Waals surface area contributed by atoms with Crippen LogP contribution in [-0.2, 0) is 24.2 Å². The van der Waals surface area contributed by atoms with Gasteiger partial charge in [-0.2, -0.15) is 11.8 Å². The summed E-state index contributed by atoms with van der Waals surface area (Å²) in [4.78, 5) is 14.7. The third kappa shape index (κ3) is 7.38. The van der Waals surface area contributed by atoms with Crippen LogP contribution in [0.2, 0.25) is 0 Å². The Balaban J connectivity index is 1.73. The van der Waals surface area contributed by atoms with Crippen molar-refractivity contribution in [2.45, 2.75) is 50.7 Å². The number of allylic oxidation sites excluding steroid dienone is 2.